The van der Waals surface area contributed by atoms with E-state index in [2.05, 4.69) is 4.74 Å². The number of hydrogen-bond acceptors (Lipinski definition) is 8. The molecule has 1 fully saturated rings. The number of benzene rings is 2. The minimum absolute atomic E-state index is 0.00861. The van der Waals surface area contributed by atoms with Crippen LogP contribution in [-0.4, -0.2) is 62.8 Å². The minimum Gasteiger partial charge on any atom is -0.456 e. The highest BCUT2D eigenvalue weighted by atomic mass is 16.6. The fourth-order valence-electron chi connectivity index (χ4n) is 2.93. The van der Waals surface area contributed by atoms with Crippen LogP contribution in [0.4, 0.5) is 0 Å². The summed E-state index contributed by atoms with van der Waals surface area (Å²) in [5.41, 5.74) is 1.53. The van der Waals surface area contributed by atoms with Crippen LogP contribution >= 0.6 is 0 Å². The van der Waals surface area contributed by atoms with Gasteiger partial charge >= 0.3 is 0 Å². The van der Waals surface area contributed by atoms with Gasteiger partial charge in [0.1, 0.15) is 35.8 Å². The first-order chi connectivity index (χ1) is 13.9. The number of aliphatic hydroxyl groups excluding tert-OH is 5. The molecule has 2 aromatic carbocycles. The second-order valence-corrected chi connectivity index (χ2v) is 6.56. The molecule has 8 nitrogen and oxygen atoms in total. The SMILES string of the molecule is O=c1cc(-c2ccccc2)oc2ccccc12.OC[C@H]1OC(O)[C@@H](O)[C@@H](O)[C@@H]1O. The maximum Gasteiger partial charge on any atom is 0.193 e. The number of fused-ring (bicyclic) bond motifs is 1. The summed E-state index contributed by atoms with van der Waals surface area (Å²) in [7, 11) is 0. The van der Waals surface area contributed by atoms with Crippen molar-refractivity contribution in [3.8, 4) is 11.3 Å². The summed E-state index contributed by atoms with van der Waals surface area (Å²) in [6.07, 6.45) is -7.04. The number of para-hydroxylation sites is 1. The van der Waals surface area contributed by atoms with Gasteiger partial charge in [-0.15, -0.1) is 0 Å². The van der Waals surface area contributed by atoms with Crippen LogP contribution in [0.1, 0.15) is 0 Å². The zero-order chi connectivity index (χ0) is 21.0. The van der Waals surface area contributed by atoms with E-state index in [1.807, 2.05) is 48.5 Å². The molecule has 29 heavy (non-hydrogen) atoms. The molecule has 8 heteroatoms. The molecule has 4 rings (SSSR count). The third-order valence-electron chi connectivity index (χ3n) is 4.56. The van der Waals surface area contributed by atoms with Crippen LogP contribution < -0.4 is 5.43 Å². The topological polar surface area (TPSA) is 141 Å². The van der Waals surface area contributed by atoms with E-state index < -0.39 is 37.3 Å². The summed E-state index contributed by atoms with van der Waals surface area (Å²) in [4.78, 5) is 11.9. The smallest absolute Gasteiger partial charge is 0.193 e. The van der Waals surface area contributed by atoms with Gasteiger partial charge in [0.05, 0.1) is 12.0 Å². The first-order valence-corrected chi connectivity index (χ1v) is 8.99. The van der Waals surface area contributed by atoms with E-state index >= 15 is 0 Å². The van der Waals surface area contributed by atoms with Crippen LogP contribution in [0, 0.1) is 0 Å². The van der Waals surface area contributed by atoms with Gasteiger partial charge in [0, 0.05) is 11.6 Å². The molecule has 0 bridgehead atoms. The standard InChI is InChI=1S/C15H10O2.C6H12O6/c16-13-10-15(11-6-2-1-3-7-11)17-14-9-5-4-8-12(13)14;7-1-2-3(8)4(9)5(10)6(11)12-2/h1-10H;2-11H,1H2/t;2-,3-,4+,5+,6?/m.1/s1. The van der Waals surface area contributed by atoms with E-state index in [4.69, 9.17) is 29.9 Å². The van der Waals surface area contributed by atoms with Crippen LogP contribution in [0.15, 0.2) is 69.9 Å². The van der Waals surface area contributed by atoms with E-state index in [9.17, 15) is 4.79 Å². The fraction of sp³-hybridized carbons (Fsp3) is 0.286. The highest BCUT2D eigenvalue weighted by Crippen LogP contribution is 2.21. The molecule has 2 heterocycles. The lowest BCUT2D eigenvalue weighted by atomic mass is 10.00. The largest absolute Gasteiger partial charge is 0.456 e. The predicted molar refractivity (Wildman–Crippen MR) is 104 cm³/mol. The Bertz CT molecular complexity index is 982. The van der Waals surface area contributed by atoms with E-state index in [0.717, 1.165) is 5.56 Å². The molecule has 3 aromatic rings. The van der Waals surface area contributed by atoms with Gasteiger partial charge < -0.3 is 34.7 Å². The average molecular weight is 402 g/mol. The molecule has 0 radical (unpaired) electrons. The first-order valence-electron chi connectivity index (χ1n) is 8.99. The number of rotatable bonds is 2. The zero-order valence-corrected chi connectivity index (χ0v) is 15.3. The summed E-state index contributed by atoms with van der Waals surface area (Å²) in [5.74, 6) is 0.606. The average Bonchev–Trinajstić information content (AvgIpc) is 2.76. The highest BCUT2D eigenvalue weighted by molar-refractivity contribution is 5.78. The number of aliphatic hydroxyl groups is 5. The van der Waals surface area contributed by atoms with Crippen molar-refractivity contribution >= 4 is 11.0 Å². The molecule has 5 atom stereocenters. The highest BCUT2D eigenvalue weighted by Gasteiger charge is 2.42. The zero-order valence-electron chi connectivity index (χ0n) is 15.3. The Morgan fingerprint density at radius 1 is 0.828 bits per heavy atom. The molecular formula is C21H22O8. The van der Waals surface area contributed by atoms with Gasteiger partial charge in [0.25, 0.3) is 0 Å². The first kappa shape index (κ1) is 21.1. The number of ether oxygens (including phenoxy) is 1. The van der Waals surface area contributed by atoms with Crippen molar-refractivity contribution in [2.24, 2.45) is 0 Å². The maximum atomic E-state index is 11.9. The van der Waals surface area contributed by atoms with Crippen molar-refractivity contribution in [3.63, 3.8) is 0 Å². The van der Waals surface area contributed by atoms with E-state index in [1.165, 1.54) is 6.07 Å². The van der Waals surface area contributed by atoms with Gasteiger partial charge in [-0.1, -0.05) is 42.5 Å². The molecular weight excluding hydrogens is 380 g/mol. The van der Waals surface area contributed by atoms with Crippen molar-refractivity contribution in [2.75, 3.05) is 6.61 Å². The molecule has 5 N–H and O–H groups in total. The van der Waals surface area contributed by atoms with Crippen molar-refractivity contribution in [2.45, 2.75) is 30.7 Å². The predicted octanol–water partition coefficient (Wildman–Crippen LogP) is 0.239. The molecule has 154 valence electrons. The van der Waals surface area contributed by atoms with Crippen LogP contribution in [-0.2, 0) is 4.74 Å². The van der Waals surface area contributed by atoms with Crippen LogP contribution in [0.25, 0.3) is 22.3 Å². The molecule has 1 unspecified atom stereocenters. The van der Waals surface area contributed by atoms with Gasteiger partial charge in [0.15, 0.2) is 11.7 Å². The van der Waals surface area contributed by atoms with Crippen molar-refractivity contribution in [1.29, 1.82) is 0 Å². The Morgan fingerprint density at radius 3 is 2.17 bits per heavy atom. The Hall–Kier alpha value is -2.59. The third-order valence-corrected chi connectivity index (χ3v) is 4.56. The van der Waals surface area contributed by atoms with Gasteiger partial charge in [-0.2, -0.15) is 0 Å². The second kappa shape index (κ2) is 9.27. The van der Waals surface area contributed by atoms with E-state index in [0.29, 0.717) is 16.7 Å². The van der Waals surface area contributed by atoms with E-state index in [-0.39, 0.29) is 5.43 Å². The summed E-state index contributed by atoms with van der Waals surface area (Å²) in [6, 6.07) is 18.4. The third kappa shape index (κ3) is 4.70. The summed E-state index contributed by atoms with van der Waals surface area (Å²) >= 11 is 0. The molecule has 1 saturated heterocycles. The van der Waals surface area contributed by atoms with Crippen LogP contribution in [0.5, 0.6) is 0 Å². The van der Waals surface area contributed by atoms with Gasteiger partial charge in [-0.25, -0.2) is 0 Å². The lowest BCUT2D eigenvalue weighted by Crippen LogP contribution is -2.58. The minimum atomic E-state index is -1.57. The summed E-state index contributed by atoms with van der Waals surface area (Å²) < 4.78 is 10.3. The molecule has 1 aliphatic rings. The Kier molecular flexibility index (Phi) is 6.75. The van der Waals surface area contributed by atoms with Crippen molar-refractivity contribution in [3.05, 3.63) is 70.9 Å². The van der Waals surface area contributed by atoms with Gasteiger partial charge in [-0.05, 0) is 12.1 Å². The van der Waals surface area contributed by atoms with Gasteiger partial charge in [0.2, 0.25) is 0 Å². The van der Waals surface area contributed by atoms with E-state index in [1.54, 1.807) is 6.07 Å². The Balaban J connectivity index is 0.000000177. The normalized spacial score (nSPS) is 26.6. The molecule has 0 amide bonds. The Morgan fingerprint density at radius 2 is 1.48 bits per heavy atom. The quantitative estimate of drug-likeness (QED) is 0.411. The lowest BCUT2D eigenvalue weighted by Gasteiger charge is -2.37. The van der Waals surface area contributed by atoms with Crippen molar-refractivity contribution in [1.82, 2.24) is 0 Å². The maximum absolute atomic E-state index is 11.9. The molecule has 1 aliphatic heterocycles. The lowest BCUT2D eigenvalue weighted by molar-refractivity contribution is -0.286. The molecule has 0 saturated carbocycles. The second-order valence-electron chi connectivity index (χ2n) is 6.56. The molecule has 1 aromatic heterocycles. The number of hydrogen-bond donors (Lipinski definition) is 5. The summed E-state index contributed by atoms with van der Waals surface area (Å²) in [6.45, 7) is -0.526. The molecule has 0 spiro atoms. The van der Waals surface area contributed by atoms with Crippen molar-refractivity contribution < 1.29 is 34.7 Å². The monoisotopic (exact) mass is 402 g/mol. The summed E-state index contributed by atoms with van der Waals surface area (Å²) in [5, 5.41) is 45.3. The van der Waals surface area contributed by atoms with Crippen LogP contribution in [0.3, 0.4) is 0 Å². The van der Waals surface area contributed by atoms with Gasteiger partial charge in [-0.3, -0.25) is 4.79 Å². The molecule has 0 aliphatic carbocycles. The fourth-order valence-corrected chi connectivity index (χ4v) is 2.93. The Labute approximate surface area is 165 Å². The van der Waals surface area contributed by atoms with Crippen LogP contribution in [0.2, 0.25) is 0 Å².